The highest BCUT2D eigenvalue weighted by Gasteiger charge is 2.22. The zero-order valence-corrected chi connectivity index (χ0v) is 19.0. The Labute approximate surface area is 181 Å². The van der Waals surface area contributed by atoms with E-state index < -0.39 is 10.0 Å². The van der Waals surface area contributed by atoms with Crippen molar-refractivity contribution in [2.24, 2.45) is 0 Å². The Kier molecular flexibility index (Phi) is 7.02. The number of likely N-dealkylation sites (N-methyl/N-ethyl adjacent to an activating group) is 1. The number of nitrogens with zero attached hydrogens (tertiary/aromatic N) is 3. The van der Waals surface area contributed by atoms with Crippen molar-refractivity contribution < 1.29 is 18.0 Å². The van der Waals surface area contributed by atoms with Crippen LogP contribution in [0.3, 0.4) is 0 Å². The number of fused-ring (bicyclic) bond motifs is 1. The number of Topliss-reactive ketones (excluding diaryl/α,β-unsaturated/α-hetero) is 1. The van der Waals surface area contributed by atoms with E-state index >= 15 is 0 Å². The van der Waals surface area contributed by atoms with Gasteiger partial charge in [-0.3, -0.25) is 9.59 Å². The van der Waals surface area contributed by atoms with E-state index in [1.54, 1.807) is 0 Å². The van der Waals surface area contributed by atoms with Gasteiger partial charge >= 0.3 is 0 Å². The van der Waals surface area contributed by atoms with Crippen molar-refractivity contribution >= 4 is 38.2 Å². The standard InChI is InChI=1S/C20H26N4O4S2/c1-14(25)15-6-8-16(9-7-15)30(27,28)24(3)11-4-5-19(26)22-20-21-17-10-12-23(2)13-18(17)29-20/h6-9H,4-5,10-13H2,1-3H3,(H,21,22,26). The first-order valence-electron chi connectivity index (χ1n) is 9.71. The van der Waals surface area contributed by atoms with Gasteiger partial charge in [0.05, 0.1) is 10.6 Å². The van der Waals surface area contributed by atoms with Gasteiger partial charge in [0.1, 0.15) is 0 Å². The van der Waals surface area contributed by atoms with Gasteiger partial charge in [0.2, 0.25) is 15.9 Å². The fourth-order valence-electron chi connectivity index (χ4n) is 3.18. The first-order valence-corrected chi connectivity index (χ1v) is 12.0. The van der Waals surface area contributed by atoms with Crippen LogP contribution < -0.4 is 5.32 Å². The van der Waals surface area contributed by atoms with Gasteiger partial charge in [0.15, 0.2) is 10.9 Å². The summed E-state index contributed by atoms with van der Waals surface area (Å²) < 4.78 is 26.5. The number of amides is 1. The van der Waals surface area contributed by atoms with Crippen LogP contribution in [0.25, 0.3) is 0 Å². The second-order valence-corrected chi connectivity index (χ2v) is 10.6. The Balaban J connectivity index is 1.50. The molecule has 3 rings (SSSR count). The lowest BCUT2D eigenvalue weighted by atomic mass is 10.2. The van der Waals surface area contributed by atoms with E-state index in [1.807, 2.05) is 0 Å². The number of hydrogen-bond acceptors (Lipinski definition) is 7. The molecule has 0 spiro atoms. The first-order chi connectivity index (χ1) is 14.2. The molecule has 0 aliphatic carbocycles. The summed E-state index contributed by atoms with van der Waals surface area (Å²) in [6.07, 6.45) is 1.47. The molecule has 0 fully saturated rings. The number of carbonyl (C=O) groups excluding carboxylic acids is 2. The van der Waals surface area contributed by atoms with Crippen LogP contribution >= 0.6 is 11.3 Å². The minimum Gasteiger partial charge on any atom is -0.302 e. The SMILES string of the molecule is CC(=O)c1ccc(S(=O)(=O)N(C)CCCC(=O)Nc2nc3c(s2)CN(C)CC3)cc1. The van der Waals surface area contributed by atoms with E-state index in [0.29, 0.717) is 17.1 Å². The molecule has 0 saturated carbocycles. The van der Waals surface area contributed by atoms with Crippen LogP contribution in [0.15, 0.2) is 29.2 Å². The van der Waals surface area contributed by atoms with E-state index in [4.69, 9.17) is 0 Å². The molecule has 0 unspecified atom stereocenters. The normalized spacial score (nSPS) is 14.5. The minimum absolute atomic E-state index is 0.119. The van der Waals surface area contributed by atoms with Crippen LogP contribution in [0.1, 0.15) is 40.7 Å². The number of rotatable bonds is 8. The molecular formula is C20H26N4O4S2. The van der Waals surface area contributed by atoms with Crippen molar-refractivity contribution in [3.8, 4) is 0 Å². The zero-order valence-electron chi connectivity index (χ0n) is 17.3. The molecule has 1 aliphatic rings. The van der Waals surface area contributed by atoms with Crippen molar-refractivity contribution in [2.75, 3.05) is 32.5 Å². The number of aromatic nitrogens is 1. The second kappa shape index (κ2) is 9.34. The molecule has 0 saturated heterocycles. The maximum Gasteiger partial charge on any atom is 0.242 e. The van der Waals surface area contributed by atoms with Crippen LogP contribution in [-0.2, 0) is 27.8 Å². The molecule has 2 aromatic rings. The smallest absolute Gasteiger partial charge is 0.242 e. The summed E-state index contributed by atoms with van der Waals surface area (Å²) in [6, 6.07) is 5.86. The summed E-state index contributed by atoms with van der Waals surface area (Å²) in [6.45, 7) is 3.45. The summed E-state index contributed by atoms with van der Waals surface area (Å²) in [5.41, 5.74) is 1.51. The minimum atomic E-state index is -3.67. The van der Waals surface area contributed by atoms with Crippen molar-refractivity contribution in [3.63, 3.8) is 0 Å². The van der Waals surface area contributed by atoms with Gasteiger partial charge < -0.3 is 10.2 Å². The summed E-state index contributed by atoms with van der Waals surface area (Å²) in [7, 11) is -0.128. The highest BCUT2D eigenvalue weighted by molar-refractivity contribution is 7.89. The van der Waals surface area contributed by atoms with Gasteiger partial charge in [-0.1, -0.05) is 12.1 Å². The van der Waals surface area contributed by atoms with Crippen molar-refractivity contribution in [3.05, 3.63) is 40.4 Å². The van der Waals surface area contributed by atoms with Crippen LogP contribution in [0.4, 0.5) is 5.13 Å². The van der Waals surface area contributed by atoms with E-state index in [0.717, 1.165) is 25.2 Å². The fraction of sp³-hybridized carbons (Fsp3) is 0.450. The number of anilines is 1. The fourth-order valence-corrected chi connectivity index (χ4v) is 5.50. The third-order valence-corrected chi connectivity index (χ3v) is 7.88. The lowest BCUT2D eigenvalue weighted by molar-refractivity contribution is -0.116. The van der Waals surface area contributed by atoms with E-state index in [1.165, 1.54) is 58.8 Å². The molecule has 0 radical (unpaired) electrons. The van der Waals surface area contributed by atoms with Crippen molar-refractivity contribution in [1.29, 1.82) is 0 Å². The average Bonchev–Trinajstić information content (AvgIpc) is 3.08. The molecule has 0 bridgehead atoms. The average molecular weight is 451 g/mol. The lowest BCUT2D eigenvalue weighted by Gasteiger charge is -2.20. The predicted molar refractivity (Wildman–Crippen MR) is 116 cm³/mol. The largest absolute Gasteiger partial charge is 0.302 e. The number of benzene rings is 1. The maximum atomic E-state index is 12.6. The quantitative estimate of drug-likeness (QED) is 0.620. The van der Waals surface area contributed by atoms with E-state index in [9.17, 15) is 18.0 Å². The summed E-state index contributed by atoms with van der Waals surface area (Å²) in [5, 5.41) is 3.43. The number of ketones is 1. The Morgan fingerprint density at radius 1 is 1.27 bits per heavy atom. The van der Waals surface area contributed by atoms with Crippen LogP contribution in [-0.4, -0.2) is 61.5 Å². The molecule has 10 heteroatoms. The Hall–Kier alpha value is -2.14. The highest BCUT2D eigenvalue weighted by atomic mass is 32.2. The molecule has 8 nitrogen and oxygen atoms in total. The van der Waals surface area contributed by atoms with Gasteiger partial charge in [-0.05, 0) is 32.5 Å². The highest BCUT2D eigenvalue weighted by Crippen LogP contribution is 2.27. The van der Waals surface area contributed by atoms with Gasteiger partial charge in [-0.15, -0.1) is 11.3 Å². The first kappa shape index (κ1) is 22.5. The molecule has 1 aromatic carbocycles. The van der Waals surface area contributed by atoms with Crippen molar-refractivity contribution in [1.82, 2.24) is 14.2 Å². The Bertz CT molecular complexity index is 1030. The third kappa shape index (κ3) is 5.31. The van der Waals surface area contributed by atoms with Crippen LogP contribution in [0, 0.1) is 0 Å². The Morgan fingerprint density at radius 2 is 1.97 bits per heavy atom. The van der Waals surface area contributed by atoms with E-state index in [2.05, 4.69) is 22.2 Å². The monoisotopic (exact) mass is 450 g/mol. The topological polar surface area (TPSA) is 99.7 Å². The number of carbonyl (C=O) groups is 2. The van der Waals surface area contributed by atoms with Gasteiger partial charge in [0.25, 0.3) is 0 Å². The molecule has 1 aliphatic heterocycles. The maximum absolute atomic E-state index is 12.6. The predicted octanol–water partition coefficient (Wildman–Crippen LogP) is 2.37. The van der Waals surface area contributed by atoms with Gasteiger partial charge in [-0.25, -0.2) is 17.7 Å². The molecular weight excluding hydrogens is 424 g/mol. The number of hydrogen-bond donors (Lipinski definition) is 1. The second-order valence-electron chi connectivity index (χ2n) is 7.44. The van der Waals surface area contributed by atoms with E-state index in [-0.39, 0.29) is 29.6 Å². The molecule has 1 N–H and O–H groups in total. The molecule has 30 heavy (non-hydrogen) atoms. The zero-order chi connectivity index (χ0) is 21.9. The van der Waals surface area contributed by atoms with Gasteiger partial charge in [-0.2, -0.15) is 0 Å². The summed E-state index contributed by atoms with van der Waals surface area (Å²) in [5.74, 6) is -0.294. The van der Waals surface area contributed by atoms with Gasteiger partial charge in [0, 0.05) is 50.0 Å². The lowest BCUT2D eigenvalue weighted by Crippen LogP contribution is -2.28. The third-order valence-electron chi connectivity index (χ3n) is 5.01. The molecule has 1 aromatic heterocycles. The molecule has 2 heterocycles. The summed E-state index contributed by atoms with van der Waals surface area (Å²) in [4.78, 5) is 31.6. The summed E-state index contributed by atoms with van der Waals surface area (Å²) >= 11 is 1.50. The number of sulfonamides is 1. The molecule has 162 valence electrons. The van der Waals surface area contributed by atoms with Crippen LogP contribution in [0.2, 0.25) is 0 Å². The molecule has 0 atom stereocenters. The van der Waals surface area contributed by atoms with Crippen molar-refractivity contribution in [2.45, 2.75) is 37.6 Å². The Morgan fingerprint density at radius 3 is 2.63 bits per heavy atom. The van der Waals surface area contributed by atoms with Crippen LogP contribution in [0.5, 0.6) is 0 Å². The number of thiazole rings is 1. The number of nitrogens with one attached hydrogen (secondary N) is 1. The molecule has 1 amide bonds.